The second-order valence-electron chi connectivity index (χ2n) is 5.21. The lowest BCUT2D eigenvalue weighted by atomic mass is 10.1. The molecule has 0 radical (unpaired) electrons. The van der Waals surface area contributed by atoms with Gasteiger partial charge in [0.05, 0.1) is 29.1 Å². The number of halogens is 3. The molecule has 26 heavy (non-hydrogen) atoms. The molecule has 0 fully saturated rings. The summed E-state index contributed by atoms with van der Waals surface area (Å²) in [5, 5.41) is 18.5. The molecule has 0 unspecified atom stereocenters. The Morgan fingerprint density at radius 3 is 2.46 bits per heavy atom. The zero-order valence-corrected chi connectivity index (χ0v) is 13.0. The number of amides is 1. The first kappa shape index (κ1) is 17.2. The minimum atomic E-state index is -4.56. The van der Waals surface area contributed by atoms with Gasteiger partial charge in [0, 0.05) is 5.69 Å². The summed E-state index contributed by atoms with van der Waals surface area (Å²) in [6, 6.07) is 12.9. The fourth-order valence-electron chi connectivity index (χ4n) is 2.22. The average Bonchev–Trinajstić information content (AvgIpc) is 3.12. The molecule has 0 bridgehead atoms. The van der Waals surface area contributed by atoms with E-state index in [4.69, 9.17) is 5.26 Å². The van der Waals surface area contributed by atoms with Crippen molar-refractivity contribution in [3.8, 4) is 11.8 Å². The van der Waals surface area contributed by atoms with Gasteiger partial charge in [-0.05, 0) is 36.4 Å². The number of nitrogens with one attached hydrogen (secondary N) is 1. The highest BCUT2D eigenvalue weighted by Crippen LogP contribution is 2.33. The van der Waals surface area contributed by atoms with E-state index in [9.17, 15) is 18.0 Å². The van der Waals surface area contributed by atoms with Gasteiger partial charge in [0.2, 0.25) is 0 Å². The minimum Gasteiger partial charge on any atom is -0.321 e. The molecule has 0 atom stereocenters. The number of carbonyl (C=O) groups excluding carboxylic acids is 1. The maximum Gasteiger partial charge on any atom is 0.418 e. The molecular weight excluding hydrogens is 347 g/mol. The molecule has 3 aromatic rings. The summed E-state index contributed by atoms with van der Waals surface area (Å²) in [7, 11) is 0. The van der Waals surface area contributed by atoms with Crippen LogP contribution in [0.25, 0.3) is 5.69 Å². The molecule has 6 nitrogen and oxygen atoms in total. The molecular formula is C17H10F3N5O. The monoisotopic (exact) mass is 357 g/mol. The highest BCUT2D eigenvalue weighted by molar-refractivity contribution is 6.02. The van der Waals surface area contributed by atoms with Gasteiger partial charge in [0.15, 0.2) is 5.69 Å². The van der Waals surface area contributed by atoms with Crippen molar-refractivity contribution in [2.24, 2.45) is 0 Å². The molecule has 0 saturated carbocycles. The molecule has 1 aromatic heterocycles. The Hall–Kier alpha value is -3.67. The van der Waals surface area contributed by atoms with Gasteiger partial charge in [-0.1, -0.05) is 17.3 Å². The van der Waals surface area contributed by atoms with E-state index in [1.807, 2.05) is 6.07 Å². The van der Waals surface area contributed by atoms with Crippen LogP contribution in [0.1, 0.15) is 21.6 Å². The Balaban J connectivity index is 1.84. The van der Waals surface area contributed by atoms with E-state index in [-0.39, 0.29) is 11.4 Å². The normalized spacial score (nSPS) is 11.0. The maximum absolute atomic E-state index is 13.1. The molecule has 0 aliphatic heterocycles. The molecule has 0 aliphatic rings. The second kappa shape index (κ2) is 6.68. The van der Waals surface area contributed by atoms with Gasteiger partial charge in [0.1, 0.15) is 0 Å². The first-order valence-corrected chi connectivity index (χ1v) is 7.29. The summed E-state index contributed by atoms with van der Waals surface area (Å²) in [4.78, 5) is 12.2. The molecule has 3 rings (SSSR count). The Morgan fingerprint density at radius 2 is 1.81 bits per heavy atom. The van der Waals surface area contributed by atoms with Crippen molar-refractivity contribution in [3.05, 3.63) is 71.5 Å². The van der Waals surface area contributed by atoms with Crippen LogP contribution in [-0.4, -0.2) is 20.9 Å². The van der Waals surface area contributed by atoms with Crippen LogP contribution in [0, 0.1) is 11.3 Å². The largest absolute Gasteiger partial charge is 0.418 e. The summed E-state index contributed by atoms with van der Waals surface area (Å²) in [5.74, 6) is -0.634. The molecule has 0 spiro atoms. The van der Waals surface area contributed by atoms with Gasteiger partial charge in [-0.25, -0.2) is 4.68 Å². The van der Waals surface area contributed by atoms with Crippen LogP contribution in [0.3, 0.4) is 0 Å². The summed E-state index contributed by atoms with van der Waals surface area (Å²) in [6.45, 7) is 0. The fraction of sp³-hybridized carbons (Fsp3) is 0.0588. The topological polar surface area (TPSA) is 83.6 Å². The van der Waals surface area contributed by atoms with Crippen LogP contribution in [-0.2, 0) is 6.18 Å². The summed E-state index contributed by atoms with van der Waals surface area (Å²) in [5.41, 5.74) is -0.419. The van der Waals surface area contributed by atoms with E-state index in [2.05, 4.69) is 15.6 Å². The van der Waals surface area contributed by atoms with Crippen LogP contribution in [0.4, 0.5) is 18.9 Å². The lowest BCUT2D eigenvalue weighted by molar-refractivity contribution is -0.137. The molecule has 1 N–H and O–H groups in total. The number of anilines is 1. The van der Waals surface area contributed by atoms with E-state index in [0.717, 1.165) is 16.9 Å². The Labute approximate surface area is 145 Å². The zero-order chi connectivity index (χ0) is 18.7. The smallest absolute Gasteiger partial charge is 0.321 e. The van der Waals surface area contributed by atoms with Gasteiger partial charge in [-0.2, -0.15) is 18.4 Å². The Morgan fingerprint density at radius 1 is 1.12 bits per heavy atom. The van der Waals surface area contributed by atoms with Crippen molar-refractivity contribution in [2.45, 2.75) is 6.18 Å². The average molecular weight is 357 g/mol. The molecule has 1 amide bonds. The van der Waals surface area contributed by atoms with Gasteiger partial charge in [-0.3, -0.25) is 4.79 Å². The molecule has 0 saturated heterocycles. The van der Waals surface area contributed by atoms with E-state index in [1.165, 1.54) is 42.5 Å². The SMILES string of the molecule is N#Cc1ccc(NC(=O)c2cn(-c3ccccc3C(F)(F)F)nn2)cc1. The highest BCUT2D eigenvalue weighted by Gasteiger charge is 2.34. The third-order valence-corrected chi connectivity index (χ3v) is 3.45. The van der Waals surface area contributed by atoms with E-state index in [1.54, 1.807) is 0 Å². The molecule has 0 aliphatic carbocycles. The number of rotatable bonds is 3. The number of aromatic nitrogens is 3. The number of carbonyl (C=O) groups is 1. The van der Waals surface area contributed by atoms with Crippen LogP contribution >= 0.6 is 0 Å². The third kappa shape index (κ3) is 3.54. The molecule has 130 valence electrons. The van der Waals surface area contributed by atoms with Gasteiger partial charge >= 0.3 is 6.18 Å². The van der Waals surface area contributed by atoms with Crippen molar-refractivity contribution in [1.29, 1.82) is 5.26 Å². The van der Waals surface area contributed by atoms with Gasteiger partial charge < -0.3 is 5.32 Å². The minimum absolute atomic E-state index is 0.147. The number of hydrogen-bond donors (Lipinski definition) is 1. The number of benzene rings is 2. The highest BCUT2D eigenvalue weighted by atomic mass is 19.4. The first-order valence-electron chi connectivity index (χ1n) is 7.29. The Bertz CT molecular complexity index is 987. The number of para-hydroxylation sites is 1. The number of alkyl halides is 3. The van der Waals surface area contributed by atoms with Crippen LogP contribution in [0.5, 0.6) is 0 Å². The quantitative estimate of drug-likeness (QED) is 0.779. The predicted molar refractivity (Wildman–Crippen MR) is 85.5 cm³/mol. The predicted octanol–water partition coefficient (Wildman–Crippen LogP) is 3.41. The Kier molecular flexibility index (Phi) is 4.41. The number of hydrogen-bond acceptors (Lipinski definition) is 4. The summed E-state index contributed by atoms with van der Waals surface area (Å²) >= 11 is 0. The molecule has 1 heterocycles. The standard InChI is InChI=1S/C17H10F3N5O/c18-17(19,20)13-3-1-2-4-15(13)25-10-14(23-24-25)16(26)22-12-7-5-11(9-21)6-8-12/h1-8,10H,(H,22,26). The molecule has 2 aromatic carbocycles. The van der Waals surface area contributed by atoms with E-state index < -0.39 is 17.6 Å². The fourth-order valence-corrected chi connectivity index (χ4v) is 2.22. The summed E-state index contributed by atoms with van der Waals surface area (Å²) < 4.78 is 40.2. The van der Waals surface area contributed by atoms with Crippen molar-refractivity contribution < 1.29 is 18.0 Å². The van der Waals surface area contributed by atoms with Crippen molar-refractivity contribution in [1.82, 2.24) is 15.0 Å². The van der Waals surface area contributed by atoms with Crippen molar-refractivity contribution in [3.63, 3.8) is 0 Å². The van der Waals surface area contributed by atoms with Gasteiger partial charge in [-0.15, -0.1) is 5.10 Å². The zero-order valence-electron chi connectivity index (χ0n) is 13.0. The van der Waals surface area contributed by atoms with E-state index >= 15 is 0 Å². The molecule has 9 heteroatoms. The first-order chi connectivity index (χ1) is 12.4. The van der Waals surface area contributed by atoms with Gasteiger partial charge in [0.25, 0.3) is 5.91 Å². The lowest BCUT2D eigenvalue weighted by Gasteiger charge is -2.11. The maximum atomic E-state index is 13.1. The van der Waals surface area contributed by atoms with Crippen LogP contribution in [0.2, 0.25) is 0 Å². The van der Waals surface area contributed by atoms with E-state index in [0.29, 0.717) is 11.3 Å². The van der Waals surface area contributed by atoms with Crippen molar-refractivity contribution in [2.75, 3.05) is 5.32 Å². The third-order valence-electron chi connectivity index (χ3n) is 3.45. The second-order valence-corrected chi connectivity index (χ2v) is 5.21. The van der Waals surface area contributed by atoms with Crippen molar-refractivity contribution >= 4 is 11.6 Å². The number of nitriles is 1. The van der Waals surface area contributed by atoms with Crippen LogP contribution in [0.15, 0.2) is 54.7 Å². The summed E-state index contributed by atoms with van der Waals surface area (Å²) in [6.07, 6.45) is -3.45. The van der Waals surface area contributed by atoms with Crippen LogP contribution < -0.4 is 5.32 Å². The number of nitrogens with zero attached hydrogens (tertiary/aromatic N) is 4. The lowest BCUT2D eigenvalue weighted by Crippen LogP contribution is -2.12.